The van der Waals surface area contributed by atoms with Crippen LogP contribution in [0.5, 0.6) is 5.75 Å². The smallest absolute Gasteiger partial charge is 0.378 e. The molecule has 0 amide bonds. The Bertz CT molecular complexity index is 1220. The summed E-state index contributed by atoms with van der Waals surface area (Å²) in [7, 11) is 0. The molecule has 0 atom stereocenters. The van der Waals surface area contributed by atoms with Crippen LogP contribution in [0, 0.1) is 0 Å². The van der Waals surface area contributed by atoms with E-state index in [0.29, 0.717) is 6.08 Å². The molecule has 3 aromatic rings. The van der Waals surface area contributed by atoms with E-state index in [2.05, 4.69) is 22.8 Å². The average molecular weight is 528 g/mol. The van der Waals surface area contributed by atoms with Gasteiger partial charge in [-0.15, -0.1) is 0 Å². The normalized spacial score (nSPS) is 12.5. The number of carbonyl (C=O) groups excluding carboxylic acids is 1. The predicted octanol–water partition coefficient (Wildman–Crippen LogP) is 7.51. The van der Waals surface area contributed by atoms with E-state index in [1.54, 1.807) is 12.1 Å². The van der Waals surface area contributed by atoms with Crippen LogP contribution in [0.15, 0.2) is 67.3 Å². The van der Waals surface area contributed by atoms with Crippen LogP contribution in [-0.2, 0) is 16.1 Å². The van der Waals surface area contributed by atoms with Crippen LogP contribution in [0.3, 0.4) is 0 Å². The third-order valence-electron chi connectivity index (χ3n) is 5.85. The minimum Gasteiger partial charge on any atom is -0.487 e. The van der Waals surface area contributed by atoms with Gasteiger partial charge in [0.05, 0.1) is 0 Å². The molecular weight excluding hydrogens is 500 g/mol. The van der Waals surface area contributed by atoms with Gasteiger partial charge in [0.2, 0.25) is 0 Å². The molecule has 2 aromatic carbocycles. The fourth-order valence-electron chi connectivity index (χ4n) is 3.78. The Morgan fingerprint density at radius 2 is 1.59 bits per heavy atom. The van der Waals surface area contributed by atoms with Crippen molar-refractivity contribution in [1.29, 1.82) is 0 Å². The summed E-state index contributed by atoms with van der Waals surface area (Å²) in [6, 6.07) is 15.6. The van der Waals surface area contributed by atoms with Crippen molar-refractivity contribution in [3.8, 4) is 17.0 Å². The molecule has 10 heteroatoms. The maximum Gasteiger partial charge on any atom is 0.378 e. The fourth-order valence-corrected chi connectivity index (χ4v) is 3.78. The SMILES string of the molecule is C=CC(=O)OCC(F)(F)C(F)(F)C(F)(F)COc1ccc(-c2cc3ccccc3n2CCCCC)cc1. The summed E-state index contributed by atoms with van der Waals surface area (Å²) < 4.78 is 94.6. The van der Waals surface area contributed by atoms with Crippen molar-refractivity contribution < 1.29 is 40.6 Å². The second kappa shape index (κ2) is 11.3. The van der Waals surface area contributed by atoms with Crippen LogP contribution in [0.1, 0.15) is 26.2 Å². The number of carbonyl (C=O) groups is 1. The minimum atomic E-state index is -5.85. The number of rotatable bonds is 13. The summed E-state index contributed by atoms with van der Waals surface area (Å²) in [6.07, 6.45) is 3.51. The molecule has 0 aliphatic heterocycles. The first-order valence-electron chi connectivity index (χ1n) is 11.7. The first-order chi connectivity index (χ1) is 17.4. The molecule has 1 aromatic heterocycles. The fraction of sp³-hybridized carbons (Fsp3) is 0.370. The van der Waals surface area contributed by atoms with Crippen molar-refractivity contribution in [3.05, 3.63) is 67.3 Å². The quantitative estimate of drug-likeness (QED) is 0.1000. The van der Waals surface area contributed by atoms with Crippen LogP contribution >= 0.6 is 0 Å². The zero-order valence-electron chi connectivity index (χ0n) is 20.2. The number of para-hydroxylation sites is 1. The summed E-state index contributed by atoms with van der Waals surface area (Å²) in [5.74, 6) is -18.1. The van der Waals surface area contributed by atoms with Gasteiger partial charge in [-0.3, -0.25) is 0 Å². The summed E-state index contributed by atoms with van der Waals surface area (Å²) >= 11 is 0. The Kier molecular flexibility index (Phi) is 8.60. The van der Waals surface area contributed by atoms with Gasteiger partial charge >= 0.3 is 23.7 Å². The lowest BCUT2D eigenvalue weighted by atomic mass is 10.1. The van der Waals surface area contributed by atoms with Gasteiger partial charge in [-0.05, 0) is 48.4 Å². The lowest BCUT2D eigenvalue weighted by Crippen LogP contribution is -2.58. The summed E-state index contributed by atoms with van der Waals surface area (Å²) in [6.45, 7) is 1.54. The highest BCUT2D eigenvalue weighted by Crippen LogP contribution is 2.46. The number of hydrogen-bond donors (Lipinski definition) is 0. The Labute approximate surface area is 210 Å². The van der Waals surface area contributed by atoms with Gasteiger partial charge in [-0.1, -0.05) is 44.5 Å². The number of aryl methyl sites for hydroxylation is 1. The highest BCUT2D eigenvalue weighted by molar-refractivity contribution is 5.87. The van der Waals surface area contributed by atoms with Crippen LogP contribution in [0.4, 0.5) is 26.3 Å². The number of alkyl halides is 6. The van der Waals surface area contributed by atoms with Crippen LogP contribution in [0.25, 0.3) is 22.2 Å². The van der Waals surface area contributed by atoms with Gasteiger partial charge in [0, 0.05) is 29.2 Å². The van der Waals surface area contributed by atoms with Crippen LogP contribution in [0.2, 0.25) is 0 Å². The highest BCUT2D eigenvalue weighted by Gasteiger charge is 2.72. The number of fused-ring (bicyclic) bond motifs is 1. The van der Waals surface area contributed by atoms with Gasteiger partial charge in [-0.2, -0.15) is 26.3 Å². The number of nitrogens with zero attached hydrogens (tertiary/aromatic N) is 1. The Morgan fingerprint density at radius 1 is 0.946 bits per heavy atom. The Hall–Kier alpha value is -3.43. The molecule has 0 aliphatic carbocycles. The topological polar surface area (TPSA) is 40.5 Å². The van der Waals surface area contributed by atoms with Gasteiger partial charge in [0.25, 0.3) is 0 Å². The molecule has 0 unspecified atom stereocenters. The molecule has 0 saturated heterocycles. The van der Waals surface area contributed by atoms with E-state index in [0.717, 1.165) is 48.0 Å². The monoisotopic (exact) mass is 527 g/mol. The largest absolute Gasteiger partial charge is 0.487 e. The molecule has 0 fully saturated rings. The molecule has 0 radical (unpaired) electrons. The predicted molar refractivity (Wildman–Crippen MR) is 128 cm³/mol. The van der Waals surface area contributed by atoms with Gasteiger partial charge < -0.3 is 14.0 Å². The first kappa shape index (κ1) is 28.1. The van der Waals surface area contributed by atoms with E-state index in [1.165, 1.54) is 12.1 Å². The molecule has 37 heavy (non-hydrogen) atoms. The lowest BCUT2D eigenvalue weighted by molar-refractivity contribution is -0.322. The maximum atomic E-state index is 14.1. The molecule has 3 rings (SSSR count). The van der Waals surface area contributed by atoms with E-state index in [4.69, 9.17) is 4.74 Å². The Morgan fingerprint density at radius 3 is 2.24 bits per heavy atom. The van der Waals surface area contributed by atoms with E-state index in [9.17, 15) is 31.1 Å². The number of benzene rings is 2. The summed E-state index contributed by atoms with van der Waals surface area (Å²) in [4.78, 5) is 10.9. The number of halogens is 6. The number of aromatic nitrogens is 1. The number of ether oxygens (including phenoxy) is 2. The lowest BCUT2D eigenvalue weighted by Gasteiger charge is -2.32. The molecule has 4 nitrogen and oxygen atoms in total. The molecule has 200 valence electrons. The third kappa shape index (κ3) is 6.11. The van der Waals surface area contributed by atoms with E-state index < -0.39 is 37.0 Å². The van der Waals surface area contributed by atoms with Crippen molar-refractivity contribution >= 4 is 16.9 Å². The van der Waals surface area contributed by atoms with Gasteiger partial charge in [-0.25, -0.2) is 4.79 Å². The molecule has 0 bridgehead atoms. The minimum absolute atomic E-state index is 0.200. The number of unbranched alkanes of at least 4 members (excludes halogenated alkanes) is 2. The van der Waals surface area contributed by atoms with Gasteiger partial charge in [0.15, 0.2) is 13.2 Å². The van der Waals surface area contributed by atoms with Crippen LogP contribution in [-0.4, -0.2) is 41.5 Å². The highest BCUT2D eigenvalue weighted by atomic mass is 19.3. The van der Waals surface area contributed by atoms with Crippen molar-refractivity contribution in [1.82, 2.24) is 4.57 Å². The third-order valence-corrected chi connectivity index (χ3v) is 5.85. The molecule has 0 saturated carbocycles. The molecular formula is C27H27F6NO3. The zero-order valence-corrected chi connectivity index (χ0v) is 20.2. The number of esters is 1. The molecule has 0 spiro atoms. The van der Waals surface area contributed by atoms with Crippen molar-refractivity contribution in [2.45, 2.75) is 50.5 Å². The molecule has 1 heterocycles. The van der Waals surface area contributed by atoms with Crippen molar-refractivity contribution in [2.75, 3.05) is 13.2 Å². The maximum absolute atomic E-state index is 14.1. The second-order valence-electron chi connectivity index (χ2n) is 8.56. The van der Waals surface area contributed by atoms with E-state index in [1.807, 2.05) is 30.3 Å². The average Bonchev–Trinajstić information content (AvgIpc) is 3.25. The molecule has 0 aliphatic rings. The zero-order chi connectivity index (χ0) is 27.3. The van der Waals surface area contributed by atoms with E-state index >= 15 is 0 Å². The van der Waals surface area contributed by atoms with Gasteiger partial charge in [0.1, 0.15) is 5.75 Å². The Balaban J connectivity index is 1.75. The van der Waals surface area contributed by atoms with Crippen molar-refractivity contribution in [3.63, 3.8) is 0 Å². The first-order valence-corrected chi connectivity index (χ1v) is 11.7. The standard InChI is InChI=1S/C27H27F6NO3/c1-3-5-8-15-34-22-10-7-6-9-20(22)16-23(34)19-11-13-21(14-12-19)36-17-25(28,29)27(32,33)26(30,31)18-37-24(35)4-2/h4,6-7,9-14,16H,2-3,5,8,15,17-18H2,1H3. The number of hydrogen-bond acceptors (Lipinski definition) is 3. The second-order valence-corrected chi connectivity index (χ2v) is 8.56. The summed E-state index contributed by atoms with van der Waals surface area (Å²) in [5, 5.41) is 1.02. The summed E-state index contributed by atoms with van der Waals surface area (Å²) in [5.41, 5.74) is 2.66. The van der Waals surface area contributed by atoms with Crippen molar-refractivity contribution in [2.24, 2.45) is 0 Å². The van der Waals surface area contributed by atoms with E-state index in [-0.39, 0.29) is 5.75 Å². The van der Waals surface area contributed by atoms with Crippen LogP contribution < -0.4 is 4.74 Å². The molecule has 0 N–H and O–H groups in total.